The summed E-state index contributed by atoms with van der Waals surface area (Å²) < 4.78 is 1.30. The number of amides is 1. The second-order valence-corrected chi connectivity index (χ2v) is 7.88. The average Bonchev–Trinajstić information content (AvgIpc) is 3.08. The lowest BCUT2D eigenvalue weighted by atomic mass is 10.1. The van der Waals surface area contributed by atoms with E-state index in [4.69, 9.17) is 0 Å². The van der Waals surface area contributed by atoms with E-state index in [1.807, 2.05) is 44.2 Å². The van der Waals surface area contributed by atoms with Crippen molar-refractivity contribution in [2.45, 2.75) is 27.3 Å². The molecule has 7 nitrogen and oxygen atoms in total. The third-order valence-electron chi connectivity index (χ3n) is 4.80. The van der Waals surface area contributed by atoms with Crippen LogP contribution in [0.3, 0.4) is 0 Å². The highest BCUT2D eigenvalue weighted by molar-refractivity contribution is 7.17. The van der Waals surface area contributed by atoms with E-state index < -0.39 is 0 Å². The summed E-state index contributed by atoms with van der Waals surface area (Å²) in [6.45, 7) is 5.92. The summed E-state index contributed by atoms with van der Waals surface area (Å²) in [4.78, 5) is 32.4. The molecule has 152 valence electrons. The van der Waals surface area contributed by atoms with Crippen molar-refractivity contribution in [3.63, 3.8) is 0 Å². The fraction of sp³-hybridized carbons (Fsp3) is 0.333. The van der Waals surface area contributed by atoms with Gasteiger partial charge in [-0.25, -0.2) is 9.67 Å². The van der Waals surface area contributed by atoms with E-state index in [1.54, 1.807) is 18.9 Å². The molecule has 29 heavy (non-hydrogen) atoms. The molecule has 1 amide bonds. The number of carbonyl (C=O) groups excluding carboxylic acids is 1. The molecule has 3 aromatic rings. The van der Waals surface area contributed by atoms with E-state index in [9.17, 15) is 14.7 Å². The van der Waals surface area contributed by atoms with Gasteiger partial charge in [0, 0.05) is 20.1 Å². The summed E-state index contributed by atoms with van der Waals surface area (Å²) in [7, 11) is 1.60. The number of nitrogens with zero attached hydrogens (tertiary/aromatic N) is 4. The monoisotopic (exact) mass is 412 g/mol. The van der Waals surface area contributed by atoms with Gasteiger partial charge in [0.25, 0.3) is 11.5 Å². The maximum absolute atomic E-state index is 13.2. The van der Waals surface area contributed by atoms with Gasteiger partial charge in [-0.05, 0) is 31.9 Å². The van der Waals surface area contributed by atoms with Gasteiger partial charge in [-0.2, -0.15) is 5.10 Å². The maximum atomic E-state index is 13.2. The Balaban J connectivity index is 1.99. The van der Waals surface area contributed by atoms with Gasteiger partial charge in [0.05, 0.1) is 23.6 Å². The third-order valence-corrected chi connectivity index (χ3v) is 5.97. The molecule has 0 unspecified atom stereocenters. The number of aliphatic hydroxyl groups is 1. The van der Waals surface area contributed by atoms with Gasteiger partial charge in [0.2, 0.25) is 0 Å². The maximum Gasteiger partial charge on any atom is 0.277 e. The molecular formula is C21H24N4O3S. The Morgan fingerprint density at radius 1 is 1.17 bits per heavy atom. The topological polar surface area (TPSA) is 88.3 Å². The van der Waals surface area contributed by atoms with E-state index in [0.29, 0.717) is 27.7 Å². The van der Waals surface area contributed by atoms with Crippen molar-refractivity contribution in [3.05, 3.63) is 68.1 Å². The lowest BCUT2D eigenvalue weighted by molar-refractivity contribution is 0.0711. The zero-order valence-electron chi connectivity index (χ0n) is 17.0. The molecule has 0 saturated heterocycles. The van der Waals surface area contributed by atoms with Gasteiger partial charge in [0.15, 0.2) is 0 Å². The summed E-state index contributed by atoms with van der Waals surface area (Å²) in [6.07, 6.45) is 0. The first-order valence-corrected chi connectivity index (χ1v) is 10.1. The Morgan fingerprint density at radius 3 is 2.52 bits per heavy atom. The molecule has 1 aromatic carbocycles. The van der Waals surface area contributed by atoms with Crippen molar-refractivity contribution < 1.29 is 9.90 Å². The van der Waals surface area contributed by atoms with Crippen molar-refractivity contribution in [2.24, 2.45) is 7.05 Å². The Labute approximate surface area is 173 Å². The van der Waals surface area contributed by atoms with Crippen LogP contribution in [0.5, 0.6) is 0 Å². The molecule has 0 spiro atoms. The van der Waals surface area contributed by atoms with Crippen LogP contribution < -0.4 is 5.56 Å². The first-order valence-electron chi connectivity index (χ1n) is 9.29. The lowest BCUT2D eigenvalue weighted by Crippen LogP contribution is -2.33. The van der Waals surface area contributed by atoms with E-state index in [1.165, 1.54) is 16.0 Å². The molecule has 8 heteroatoms. The van der Waals surface area contributed by atoms with Gasteiger partial charge in [-0.1, -0.05) is 30.3 Å². The first kappa shape index (κ1) is 20.9. The van der Waals surface area contributed by atoms with Crippen LogP contribution >= 0.6 is 11.3 Å². The van der Waals surface area contributed by atoms with Crippen LogP contribution in [-0.4, -0.2) is 43.8 Å². The minimum absolute atomic E-state index is 0.132. The van der Waals surface area contributed by atoms with Gasteiger partial charge in [-0.15, -0.1) is 11.3 Å². The first-order chi connectivity index (χ1) is 13.8. The van der Waals surface area contributed by atoms with Gasteiger partial charge >= 0.3 is 0 Å². The van der Waals surface area contributed by atoms with Crippen molar-refractivity contribution in [1.29, 1.82) is 0 Å². The number of aromatic nitrogens is 3. The van der Waals surface area contributed by atoms with Crippen LogP contribution in [0, 0.1) is 20.8 Å². The summed E-state index contributed by atoms with van der Waals surface area (Å²) >= 11 is 1.21. The SMILES string of the molecule is Cc1nc(-c2c(C)c(C)nn(C)c2=O)sc1C(=O)N(CCO)Cc1ccccc1. The van der Waals surface area contributed by atoms with Crippen LogP contribution in [0.2, 0.25) is 0 Å². The van der Waals surface area contributed by atoms with Gasteiger partial charge in [-0.3, -0.25) is 9.59 Å². The molecular weight excluding hydrogens is 388 g/mol. The zero-order valence-corrected chi connectivity index (χ0v) is 17.8. The number of benzene rings is 1. The van der Waals surface area contributed by atoms with Gasteiger partial charge in [0.1, 0.15) is 9.88 Å². The molecule has 0 aliphatic rings. The van der Waals surface area contributed by atoms with Crippen LogP contribution in [0.25, 0.3) is 10.6 Å². The van der Waals surface area contributed by atoms with Crippen LogP contribution in [0.4, 0.5) is 0 Å². The molecule has 2 heterocycles. The smallest absolute Gasteiger partial charge is 0.277 e. The standard InChI is InChI=1S/C21H24N4O3S/c1-13-14(2)23-24(4)20(27)17(13)19-22-15(3)18(29-19)21(28)25(10-11-26)12-16-8-6-5-7-9-16/h5-9,26H,10-12H2,1-4H3. The molecule has 1 N–H and O–H groups in total. The van der Waals surface area contributed by atoms with Crippen molar-refractivity contribution in [3.8, 4) is 10.6 Å². The molecule has 0 aliphatic carbocycles. The highest BCUT2D eigenvalue weighted by Crippen LogP contribution is 2.29. The van der Waals surface area contributed by atoms with Crippen molar-refractivity contribution in [2.75, 3.05) is 13.2 Å². The summed E-state index contributed by atoms with van der Waals surface area (Å²) in [5.41, 5.74) is 3.29. The molecule has 0 atom stereocenters. The number of hydrogen-bond acceptors (Lipinski definition) is 6. The predicted molar refractivity (Wildman–Crippen MR) is 113 cm³/mol. The molecule has 0 radical (unpaired) electrons. The zero-order chi connectivity index (χ0) is 21.1. The molecule has 3 rings (SSSR count). The van der Waals surface area contributed by atoms with E-state index >= 15 is 0 Å². The Hall–Kier alpha value is -2.84. The normalized spacial score (nSPS) is 10.9. The largest absolute Gasteiger partial charge is 0.395 e. The van der Waals surface area contributed by atoms with Crippen molar-refractivity contribution >= 4 is 17.2 Å². The molecule has 2 aromatic heterocycles. The number of aryl methyl sites for hydroxylation is 3. The Morgan fingerprint density at radius 2 is 1.86 bits per heavy atom. The second-order valence-electron chi connectivity index (χ2n) is 6.88. The number of carbonyl (C=O) groups is 1. The molecule has 0 aliphatic heterocycles. The quantitative estimate of drug-likeness (QED) is 0.672. The lowest BCUT2D eigenvalue weighted by Gasteiger charge is -2.21. The highest BCUT2D eigenvalue weighted by Gasteiger charge is 2.24. The van der Waals surface area contributed by atoms with E-state index in [-0.39, 0.29) is 24.6 Å². The van der Waals surface area contributed by atoms with Crippen molar-refractivity contribution in [1.82, 2.24) is 19.7 Å². The number of thiazole rings is 1. The van der Waals surface area contributed by atoms with Crippen LogP contribution in [-0.2, 0) is 13.6 Å². The number of rotatable bonds is 6. The highest BCUT2D eigenvalue weighted by atomic mass is 32.1. The number of hydrogen-bond donors (Lipinski definition) is 1. The van der Waals surface area contributed by atoms with Gasteiger partial charge < -0.3 is 10.0 Å². The van der Waals surface area contributed by atoms with Crippen LogP contribution in [0.15, 0.2) is 35.1 Å². The van der Waals surface area contributed by atoms with Crippen LogP contribution in [0.1, 0.15) is 32.2 Å². The third kappa shape index (κ3) is 4.28. The second kappa shape index (κ2) is 8.67. The van der Waals surface area contributed by atoms with E-state index in [2.05, 4.69) is 10.1 Å². The summed E-state index contributed by atoms with van der Waals surface area (Å²) in [5.74, 6) is -0.204. The minimum Gasteiger partial charge on any atom is -0.395 e. The molecule has 0 fully saturated rings. The fourth-order valence-corrected chi connectivity index (χ4v) is 4.25. The molecule has 0 bridgehead atoms. The average molecular weight is 413 g/mol. The Kier molecular flexibility index (Phi) is 6.24. The summed E-state index contributed by atoms with van der Waals surface area (Å²) in [6, 6.07) is 9.63. The number of aliphatic hydroxyl groups excluding tert-OH is 1. The van der Waals surface area contributed by atoms with E-state index in [0.717, 1.165) is 16.8 Å². The summed E-state index contributed by atoms with van der Waals surface area (Å²) in [5, 5.41) is 14.2. The Bertz CT molecular complexity index is 1090. The fourth-order valence-electron chi connectivity index (χ4n) is 3.12. The minimum atomic E-state index is -0.239. The predicted octanol–water partition coefficient (Wildman–Crippen LogP) is 2.46. The molecule has 0 saturated carbocycles.